The molecule has 1 radical (unpaired) electrons. The van der Waals surface area contributed by atoms with E-state index in [2.05, 4.69) is 32.1 Å². The zero-order chi connectivity index (χ0) is 6.62. The first-order valence-electron chi connectivity index (χ1n) is 2.48. The lowest BCUT2D eigenvalue weighted by Crippen LogP contribution is -2.14. The maximum Gasteiger partial charge on any atom is 0.0581 e. The maximum absolute atomic E-state index is 3.68. The van der Waals surface area contributed by atoms with Crippen LogP contribution in [0.15, 0.2) is 4.99 Å². The second-order valence-electron chi connectivity index (χ2n) is 2.12. The monoisotopic (exact) mass is 130 g/mol. The summed E-state index contributed by atoms with van der Waals surface area (Å²) >= 11 is 1.76. The van der Waals surface area contributed by atoms with Crippen molar-refractivity contribution in [3.8, 4) is 0 Å². The van der Waals surface area contributed by atoms with Crippen LogP contribution in [-0.4, -0.2) is 17.2 Å². The molecule has 0 N–H and O–H groups in total. The minimum Gasteiger partial charge on any atom is -0.294 e. The van der Waals surface area contributed by atoms with Crippen molar-refractivity contribution in [3.63, 3.8) is 0 Å². The van der Waals surface area contributed by atoms with Crippen molar-refractivity contribution >= 4 is 18.0 Å². The Balaban J connectivity index is 3.71. The quantitative estimate of drug-likeness (QED) is 0.521. The van der Waals surface area contributed by atoms with Crippen molar-refractivity contribution in [2.45, 2.75) is 18.6 Å². The van der Waals surface area contributed by atoms with E-state index in [0.717, 1.165) is 0 Å². The van der Waals surface area contributed by atoms with E-state index in [-0.39, 0.29) is 4.75 Å². The van der Waals surface area contributed by atoms with Crippen LogP contribution in [0.2, 0.25) is 0 Å². The molecule has 0 fully saturated rings. The van der Waals surface area contributed by atoms with Gasteiger partial charge in [0, 0.05) is 11.0 Å². The lowest BCUT2D eigenvalue weighted by Gasteiger charge is -2.13. The Bertz CT molecular complexity index is 86.5. The third-order valence-corrected chi connectivity index (χ3v) is 2.09. The molecule has 0 amide bonds. The molecule has 2 heteroatoms. The van der Waals surface area contributed by atoms with Crippen LogP contribution in [0.5, 0.6) is 0 Å². The average molecular weight is 130 g/mol. The van der Waals surface area contributed by atoms with Gasteiger partial charge in [0.2, 0.25) is 0 Å². The van der Waals surface area contributed by atoms with E-state index >= 15 is 0 Å². The Kier molecular flexibility index (Phi) is 3.13. The van der Waals surface area contributed by atoms with Crippen LogP contribution in [0.4, 0.5) is 0 Å². The smallest absolute Gasteiger partial charge is 0.0581 e. The zero-order valence-corrected chi connectivity index (χ0v) is 6.46. The van der Waals surface area contributed by atoms with Crippen LogP contribution in [0.25, 0.3) is 0 Å². The van der Waals surface area contributed by atoms with E-state index in [1.54, 1.807) is 11.8 Å². The molecule has 0 saturated carbocycles. The van der Waals surface area contributed by atoms with Crippen molar-refractivity contribution < 1.29 is 0 Å². The topological polar surface area (TPSA) is 12.4 Å². The molecule has 0 aromatic rings. The second-order valence-corrected chi connectivity index (χ2v) is 3.58. The molecule has 0 aliphatic carbocycles. The van der Waals surface area contributed by atoms with E-state index in [1.165, 1.54) is 0 Å². The van der Waals surface area contributed by atoms with Gasteiger partial charge in [-0.05, 0) is 20.1 Å². The van der Waals surface area contributed by atoms with Gasteiger partial charge in [-0.25, -0.2) is 0 Å². The summed E-state index contributed by atoms with van der Waals surface area (Å²) in [6, 6.07) is 0. The minimum absolute atomic E-state index is 0.155. The Hall–Kier alpha value is 0.0200. The van der Waals surface area contributed by atoms with Gasteiger partial charge < -0.3 is 0 Å². The standard InChI is InChI=1S/C6H12NS/c1-6(2,8-4)5-7-3/h5H,3H2,1-2,4H3. The molecule has 0 aromatic carbocycles. The third kappa shape index (κ3) is 3.08. The molecule has 0 spiro atoms. The van der Waals surface area contributed by atoms with Gasteiger partial charge in [-0.15, -0.1) is 0 Å². The van der Waals surface area contributed by atoms with Crippen molar-refractivity contribution in [1.82, 2.24) is 0 Å². The third-order valence-electron chi connectivity index (χ3n) is 0.928. The molecule has 0 aliphatic rings. The molecule has 0 aliphatic heterocycles. The molecule has 47 valence electrons. The Morgan fingerprint density at radius 2 is 2.12 bits per heavy atom. The lowest BCUT2D eigenvalue weighted by molar-refractivity contribution is 0.976. The number of hydrogen-bond donors (Lipinski definition) is 0. The van der Waals surface area contributed by atoms with Crippen LogP contribution in [0.1, 0.15) is 13.8 Å². The summed E-state index contributed by atoms with van der Waals surface area (Å²) in [5.74, 6) is 0. The molecular formula is C6H12NS. The summed E-state index contributed by atoms with van der Waals surface area (Å²) in [6.07, 6.45) is 3.90. The second kappa shape index (κ2) is 3.13. The average Bonchev–Trinajstić information content (AvgIpc) is 1.67. The Labute approximate surface area is 55.6 Å². The fraction of sp³-hybridized carbons (Fsp3) is 0.667. The highest BCUT2D eigenvalue weighted by Crippen LogP contribution is 2.17. The SMILES string of the molecule is [CH2]N=CC(C)(C)SC. The summed E-state index contributed by atoms with van der Waals surface area (Å²) in [7, 11) is 3.37. The maximum atomic E-state index is 3.68. The molecule has 0 saturated heterocycles. The summed E-state index contributed by atoms with van der Waals surface area (Å²) in [5, 5.41) is 0. The first kappa shape index (κ1) is 8.02. The molecule has 0 unspecified atom stereocenters. The highest BCUT2D eigenvalue weighted by atomic mass is 32.2. The van der Waals surface area contributed by atoms with Crippen molar-refractivity contribution in [2.24, 2.45) is 4.99 Å². The van der Waals surface area contributed by atoms with Crippen molar-refractivity contribution in [3.05, 3.63) is 7.05 Å². The van der Waals surface area contributed by atoms with Gasteiger partial charge in [-0.1, -0.05) is 0 Å². The predicted molar refractivity (Wildman–Crippen MR) is 41.4 cm³/mol. The van der Waals surface area contributed by atoms with E-state index in [1.807, 2.05) is 6.21 Å². The fourth-order valence-corrected chi connectivity index (χ4v) is 0.452. The zero-order valence-electron chi connectivity index (χ0n) is 5.64. The van der Waals surface area contributed by atoms with Crippen molar-refractivity contribution in [2.75, 3.05) is 6.26 Å². The molecule has 0 rings (SSSR count). The summed E-state index contributed by atoms with van der Waals surface area (Å²) < 4.78 is 0.155. The van der Waals surface area contributed by atoms with E-state index in [0.29, 0.717) is 0 Å². The highest BCUT2D eigenvalue weighted by molar-refractivity contribution is 8.00. The minimum atomic E-state index is 0.155. The van der Waals surface area contributed by atoms with Gasteiger partial charge >= 0.3 is 0 Å². The predicted octanol–water partition coefficient (Wildman–Crippen LogP) is 1.99. The Morgan fingerprint density at radius 1 is 1.62 bits per heavy atom. The number of aliphatic imine (C=N–C) groups is 1. The largest absolute Gasteiger partial charge is 0.294 e. The number of hydrogen-bond acceptors (Lipinski definition) is 2. The van der Waals surface area contributed by atoms with Gasteiger partial charge in [0.05, 0.1) is 7.05 Å². The van der Waals surface area contributed by atoms with E-state index in [4.69, 9.17) is 0 Å². The number of rotatable bonds is 2. The molecule has 8 heavy (non-hydrogen) atoms. The summed E-state index contributed by atoms with van der Waals surface area (Å²) in [5.41, 5.74) is 0. The fourth-order valence-electron chi connectivity index (χ4n) is 0.273. The van der Waals surface area contributed by atoms with Crippen LogP contribution in [0, 0.1) is 7.05 Å². The van der Waals surface area contributed by atoms with Crippen LogP contribution >= 0.6 is 11.8 Å². The van der Waals surface area contributed by atoms with Gasteiger partial charge in [-0.2, -0.15) is 11.8 Å². The molecule has 0 bridgehead atoms. The van der Waals surface area contributed by atoms with Crippen LogP contribution in [0.3, 0.4) is 0 Å². The first-order valence-corrected chi connectivity index (χ1v) is 3.70. The van der Waals surface area contributed by atoms with Crippen molar-refractivity contribution in [1.29, 1.82) is 0 Å². The molecule has 1 nitrogen and oxygen atoms in total. The molecule has 0 aromatic heterocycles. The van der Waals surface area contributed by atoms with Gasteiger partial charge in [-0.3, -0.25) is 4.99 Å². The van der Waals surface area contributed by atoms with Gasteiger partial charge in [0.15, 0.2) is 0 Å². The summed E-state index contributed by atoms with van der Waals surface area (Å²) in [6.45, 7) is 4.21. The normalized spacial score (nSPS) is 13.0. The van der Waals surface area contributed by atoms with Gasteiger partial charge in [0.25, 0.3) is 0 Å². The van der Waals surface area contributed by atoms with Crippen LogP contribution < -0.4 is 0 Å². The molecule has 0 atom stereocenters. The molecular weight excluding hydrogens is 118 g/mol. The summed E-state index contributed by atoms with van der Waals surface area (Å²) in [4.78, 5) is 3.68. The van der Waals surface area contributed by atoms with Gasteiger partial charge in [0.1, 0.15) is 0 Å². The first-order chi connectivity index (χ1) is 3.62. The molecule has 0 heterocycles. The number of thioether (sulfide) groups is 1. The lowest BCUT2D eigenvalue weighted by atomic mass is 10.2. The Morgan fingerprint density at radius 3 is 2.25 bits per heavy atom. The number of nitrogens with zero attached hydrogens (tertiary/aromatic N) is 1. The van der Waals surface area contributed by atoms with Crippen LogP contribution in [-0.2, 0) is 0 Å². The van der Waals surface area contributed by atoms with E-state index < -0.39 is 0 Å². The highest BCUT2D eigenvalue weighted by Gasteiger charge is 2.10. The van der Waals surface area contributed by atoms with E-state index in [9.17, 15) is 0 Å².